The normalized spacial score (nSPS) is 13.8. The van der Waals surface area contributed by atoms with Gasteiger partial charge in [-0.3, -0.25) is 0 Å². The van der Waals surface area contributed by atoms with Crippen LogP contribution in [-0.2, 0) is 35.3 Å². The Morgan fingerprint density at radius 1 is 0.568 bits per heavy atom. The second-order valence-electron chi connectivity index (χ2n) is 12.0. The van der Waals surface area contributed by atoms with Crippen LogP contribution in [0.5, 0.6) is 11.5 Å². The number of carbonyl (C=O) groups excluding carboxylic acids is 2. The van der Waals surface area contributed by atoms with E-state index < -0.39 is 11.9 Å². The number of rotatable bonds is 7. The Bertz CT molecular complexity index is 1650. The van der Waals surface area contributed by atoms with Gasteiger partial charge in [-0.2, -0.15) is 0 Å². The molecule has 4 nitrogen and oxygen atoms in total. The van der Waals surface area contributed by atoms with Gasteiger partial charge in [0.15, 0.2) is 0 Å². The summed E-state index contributed by atoms with van der Waals surface area (Å²) in [6.45, 7) is 11.1. The topological polar surface area (TPSA) is 52.6 Å². The summed E-state index contributed by atoms with van der Waals surface area (Å²) in [4.78, 5) is 26.7. The summed E-state index contributed by atoms with van der Waals surface area (Å²) in [7, 11) is 0. The molecular formula is C40H38O4. The summed E-state index contributed by atoms with van der Waals surface area (Å²) >= 11 is 0. The van der Waals surface area contributed by atoms with E-state index in [1.807, 2.05) is 60.7 Å². The van der Waals surface area contributed by atoms with E-state index in [-0.39, 0.29) is 0 Å². The Morgan fingerprint density at radius 2 is 0.932 bits per heavy atom. The molecule has 0 heterocycles. The number of carbonyl (C=O) groups is 2. The fourth-order valence-corrected chi connectivity index (χ4v) is 6.53. The summed E-state index contributed by atoms with van der Waals surface area (Å²) in [6, 6.07) is 24.5. The Morgan fingerprint density at radius 3 is 1.30 bits per heavy atom. The van der Waals surface area contributed by atoms with Gasteiger partial charge < -0.3 is 9.47 Å². The third-order valence-corrected chi connectivity index (χ3v) is 8.71. The predicted molar refractivity (Wildman–Crippen MR) is 177 cm³/mol. The maximum Gasteiger partial charge on any atom is 0.338 e. The van der Waals surface area contributed by atoms with Crippen LogP contribution in [-0.4, -0.2) is 11.9 Å². The Labute approximate surface area is 260 Å². The van der Waals surface area contributed by atoms with Gasteiger partial charge in [-0.25, -0.2) is 9.59 Å². The van der Waals surface area contributed by atoms with E-state index in [0.717, 1.165) is 95.9 Å². The van der Waals surface area contributed by atoms with E-state index in [1.54, 1.807) is 13.8 Å². The van der Waals surface area contributed by atoms with E-state index in [0.29, 0.717) is 22.6 Å². The number of hydrogen-bond acceptors (Lipinski definition) is 4. The van der Waals surface area contributed by atoms with Gasteiger partial charge in [-0.1, -0.05) is 73.8 Å². The standard InChI is InChI=1S/C40H38O4/c1-25(2)39(41)43-37-33(27-15-7-5-8-16-27)23-29-19-11-13-21-31(29)35(37)36-32-22-14-12-20-30(32)24-34(28-17-9-6-10-18-28)38(36)44-40(42)26(3)4/h5-10,15-18,23-24H,1,3,11-14,19-22H2,2,4H3. The Balaban J connectivity index is 1.78. The van der Waals surface area contributed by atoms with E-state index in [2.05, 4.69) is 25.3 Å². The molecule has 0 fully saturated rings. The number of esters is 2. The van der Waals surface area contributed by atoms with Gasteiger partial charge in [0.2, 0.25) is 0 Å². The molecule has 0 amide bonds. The van der Waals surface area contributed by atoms with E-state index >= 15 is 0 Å². The summed E-state index contributed by atoms with van der Waals surface area (Å²) < 4.78 is 12.7. The van der Waals surface area contributed by atoms with Crippen molar-refractivity contribution in [3.8, 4) is 44.9 Å². The molecule has 0 bridgehead atoms. The Hall–Kier alpha value is -4.70. The van der Waals surface area contributed by atoms with Gasteiger partial charge >= 0.3 is 11.9 Å². The van der Waals surface area contributed by atoms with Crippen LogP contribution in [0.4, 0.5) is 0 Å². The molecule has 0 aromatic heterocycles. The van der Waals surface area contributed by atoms with Gasteiger partial charge in [-0.05, 0) is 111 Å². The lowest BCUT2D eigenvalue weighted by Gasteiger charge is -2.30. The molecule has 0 spiro atoms. The zero-order valence-corrected chi connectivity index (χ0v) is 25.6. The second-order valence-corrected chi connectivity index (χ2v) is 12.0. The SMILES string of the molecule is C=C(C)C(=O)Oc1c(-c2ccccc2)cc2c(c1-c1c3c(cc(-c4ccccc4)c1OC(=O)C(=C)C)CCCC3)CCCC2. The highest BCUT2D eigenvalue weighted by Gasteiger charge is 2.32. The van der Waals surface area contributed by atoms with Gasteiger partial charge in [0.25, 0.3) is 0 Å². The lowest BCUT2D eigenvalue weighted by Crippen LogP contribution is -2.17. The molecule has 4 aromatic carbocycles. The van der Waals surface area contributed by atoms with Gasteiger partial charge in [0, 0.05) is 33.4 Å². The first-order valence-electron chi connectivity index (χ1n) is 15.6. The molecule has 0 unspecified atom stereocenters. The zero-order chi connectivity index (χ0) is 30.8. The first-order chi connectivity index (χ1) is 21.3. The van der Waals surface area contributed by atoms with Crippen molar-refractivity contribution in [3.63, 3.8) is 0 Å². The molecule has 4 aromatic rings. The summed E-state index contributed by atoms with van der Waals surface area (Å²) in [5, 5.41) is 0. The van der Waals surface area contributed by atoms with Crippen molar-refractivity contribution in [3.05, 3.63) is 119 Å². The van der Waals surface area contributed by atoms with E-state index in [9.17, 15) is 9.59 Å². The van der Waals surface area contributed by atoms with Crippen LogP contribution < -0.4 is 9.47 Å². The summed E-state index contributed by atoms with van der Waals surface area (Å²) in [5.74, 6) is 0.0337. The highest BCUT2D eigenvalue weighted by atomic mass is 16.5. The third-order valence-electron chi connectivity index (χ3n) is 8.71. The number of ether oxygens (including phenoxy) is 2. The molecule has 0 aliphatic heterocycles. The van der Waals surface area contributed by atoms with Crippen molar-refractivity contribution in [1.29, 1.82) is 0 Å². The first kappa shape index (κ1) is 29.4. The molecule has 6 rings (SSSR count). The minimum atomic E-state index is -0.479. The van der Waals surface area contributed by atoms with E-state index in [4.69, 9.17) is 9.47 Å². The van der Waals surface area contributed by atoms with Crippen LogP contribution in [0, 0.1) is 0 Å². The zero-order valence-electron chi connectivity index (χ0n) is 25.6. The van der Waals surface area contributed by atoms with Crippen molar-refractivity contribution in [2.24, 2.45) is 0 Å². The monoisotopic (exact) mass is 582 g/mol. The fraction of sp³-hybridized carbons (Fsp3) is 0.250. The van der Waals surface area contributed by atoms with Crippen molar-refractivity contribution < 1.29 is 19.1 Å². The fourth-order valence-electron chi connectivity index (χ4n) is 6.53. The predicted octanol–water partition coefficient (Wildman–Crippen LogP) is 9.41. The minimum Gasteiger partial charge on any atom is -0.422 e. The molecule has 2 aliphatic carbocycles. The smallest absolute Gasteiger partial charge is 0.338 e. The molecule has 0 saturated heterocycles. The lowest BCUT2D eigenvalue weighted by atomic mass is 9.77. The maximum absolute atomic E-state index is 13.4. The van der Waals surface area contributed by atoms with Crippen molar-refractivity contribution in [2.75, 3.05) is 0 Å². The van der Waals surface area contributed by atoms with Crippen molar-refractivity contribution in [2.45, 2.75) is 65.2 Å². The number of fused-ring (bicyclic) bond motifs is 2. The Kier molecular flexibility index (Phi) is 8.34. The average molecular weight is 583 g/mol. The quantitative estimate of drug-likeness (QED) is 0.124. The first-order valence-corrected chi connectivity index (χ1v) is 15.6. The molecule has 44 heavy (non-hydrogen) atoms. The van der Waals surface area contributed by atoms with Crippen molar-refractivity contribution >= 4 is 11.9 Å². The largest absolute Gasteiger partial charge is 0.422 e. The maximum atomic E-state index is 13.4. The highest BCUT2D eigenvalue weighted by molar-refractivity contribution is 5.99. The van der Waals surface area contributed by atoms with E-state index in [1.165, 1.54) is 11.1 Å². The minimum absolute atomic E-state index is 0.321. The molecule has 2 aliphatic rings. The third kappa shape index (κ3) is 5.65. The number of benzene rings is 4. The summed E-state index contributed by atoms with van der Waals surface area (Å²) in [5.41, 5.74) is 10.8. The van der Waals surface area contributed by atoms with Crippen LogP contribution in [0.25, 0.3) is 33.4 Å². The molecular weight excluding hydrogens is 544 g/mol. The van der Waals surface area contributed by atoms with Crippen LogP contribution in [0.3, 0.4) is 0 Å². The van der Waals surface area contributed by atoms with Crippen LogP contribution in [0.2, 0.25) is 0 Å². The van der Waals surface area contributed by atoms with Crippen LogP contribution in [0.15, 0.2) is 97.1 Å². The molecule has 222 valence electrons. The highest BCUT2D eigenvalue weighted by Crippen LogP contribution is 2.53. The summed E-state index contributed by atoms with van der Waals surface area (Å²) in [6.07, 6.45) is 7.78. The molecule has 4 heteroatoms. The lowest BCUT2D eigenvalue weighted by molar-refractivity contribution is -0.131. The van der Waals surface area contributed by atoms with Crippen LogP contribution >= 0.6 is 0 Å². The number of hydrogen-bond donors (Lipinski definition) is 0. The number of aryl methyl sites for hydroxylation is 2. The molecule has 0 N–H and O–H groups in total. The second kappa shape index (κ2) is 12.5. The molecule has 0 radical (unpaired) electrons. The molecule has 0 saturated carbocycles. The molecule has 0 atom stereocenters. The van der Waals surface area contributed by atoms with Gasteiger partial charge in [-0.15, -0.1) is 0 Å². The van der Waals surface area contributed by atoms with Gasteiger partial charge in [0.1, 0.15) is 11.5 Å². The van der Waals surface area contributed by atoms with Crippen molar-refractivity contribution in [1.82, 2.24) is 0 Å². The average Bonchev–Trinajstić information content (AvgIpc) is 3.05. The van der Waals surface area contributed by atoms with Crippen LogP contribution in [0.1, 0.15) is 61.8 Å². The van der Waals surface area contributed by atoms with Gasteiger partial charge in [0.05, 0.1) is 0 Å².